The van der Waals surface area contributed by atoms with Gasteiger partial charge in [-0.25, -0.2) is 39.5 Å². The zero-order valence-corrected chi connectivity index (χ0v) is 11.9. The Bertz CT molecular complexity index is 799. The van der Waals surface area contributed by atoms with E-state index in [4.69, 9.17) is 0 Å². The van der Waals surface area contributed by atoms with Crippen LogP contribution in [0.4, 0.5) is 39.5 Å². The lowest BCUT2D eigenvalue weighted by atomic mass is 9.93. The third-order valence-corrected chi connectivity index (χ3v) is 3.18. The Morgan fingerprint density at radius 3 is 1.68 bits per heavy atom. The Morgan fingerprint density at radius 2 is 1.24 bits per heavy atom. The van der Waals surface area contributed by atoms with Crippen LogP contribution in [0.3, 0.4) is 0 Å². The van der Waals surface area contributed by atoms with E-state index >= 15 is 0 Å². The van der Waals surface area contributed by atoms with Gasteiger partial charge in [0, 0.05) is 6.92 Å². The maximum absolute atomic E-state index is 14.0. The largest absolute Gasteiger partial charge is 0.451 e. The zero-order valence-electron chi connectivity index (χ0n) is 11.9. The minimum Gasteiger partial charge on any atom is -0.451 e. The summed E-state index contributed by atoms with van der Waals surface area (Å²) in [6, 6.07) is 0. The molecule has 0 saturated heterocycles. The molecule has 0 heterocycles. The van der Waals surface area contributed by atoms with Crippen LogP contribution in [0.1, 0.15) is 12.5 Å². The number of ether oxygens (including phenoxy) is 1. The van der Waals surface area contributed by atoms with Gasteiger partial charge in [-0.2, -0.15) is 0 Å². The predicted molar refractivity (Wildman–Crippen MR) is 64.0 cm³/mol. The van der Waals surface area contributed by atoms with Crippen molar-refractivity contribution in [1.82, 2.24) is 0 Å². The van der Waals surface area contributed by atoms with Crippen LogP contribution in [0.5, 0.6) is 0 Å². The van der Waals surface area contributed by atoms with Crippen molar-refractivity contribution in [2.24, 2.45) is 0 Å². The number of rotatable bonds is 2. The van der Waals surface area contributed by atoms with E-state index in [0.29, 0.717) is 6.92 Å². The van der Waals surface area contributed by atoms with Gasteiger partial charge in [-0.3, -0.25) is 4.79 Å². The van der Waals surface area contributed by atoms with E-state index in [1.807, 2.05) is 0 Å². The van der Waals surface area contributed by atoms with E-state index in [0.717, 1.165) is 0 Å². The molecular formula is C14H5F9O2. The lowest BCUT2D eigenvalue weighted by molar-refractivity contribution is -0.148. The average molecular weight is 376 g/mol. The SMILES string of the molecule is CC(=O)OC1C(F)=C(F)C(c2c(F)c(F)c(F)c(F)c2F)=C(F)C1F. The van der Waals surface area contributed by atoms with Crippen LogP contribution in [-0.2, 0) is 9.53 Å². The van der Waals surface area contributed by atoms with Crippen LogP contribution in [0.25, 0.3) is 5.57 Å². The van der Waals surface area contributed by atoms with Crippen LogP contribution < -0.4 is 0 Å². The number of allylic oxidation sites excluding steroid dienone is 2. The van der Waals surface area contributed by atoms with Crippen LogP contribution >= 0.6 is 0 Å². The van der Waals surface area contributed by atoms with Crippen molar-refractivity contribution in [2.75, 3.05) is 0 Å². The molecule has 136 valence electrons. The van der Waals surface area contributed by atoms with Crippen molar-refractivity contribution in [3.05, 3.63) is 52.1 Å². The molecule has 0 bridgehead atoms. The minimum absolute atomic E-state index is 0.652. The van der Waals surface area contributed by atoms with E-state index in [2.05, 4.69) is 4.74 Å². The number of hydrogen-bond donors (Lipinski definition) is 0. The quantitative estimate of drug-likeness (QED) is 0.329. The summed E-state index contributed by atoms with van der Waals surface area (Å²) < 4.78 is 126. The molecule has 1 aromatic rings. The first-order valence-electron chi connectivity index (χ1n) is 6.28. The minimum atomic E-state index is -3.27. The van der Waals surface area contributed by atoms with Crippen LogP contribution in [0.15, 0.2) is 17.5 Å². The van der Waals surface area contributed by atoms with Gasteiger partial charge in [0.15, 0.2) is 47.2 Å². The highest BCUT2D eigenvalue weighted by Crippen LogP contribution is 2.44. The highest BCUT2D eigenvalue weighted by atomic mass is 19.2. The first kappa shape index (κ1) is 18.9. The highest BCUT2D eigenvalue weighted by molar-refractivity contribution is 5.82. The third kappa shape index (κ3) is 2.87. The average Bonchev–Trinajstić information content (AvgIpc) is 2.56. The molecule has 0 amide bonds. The fourth-order valence-electron chi connectivity index (χ4n) is 2.09. The molecule has 2 atom stereocenters. The van der Waals surface area contributed by atoms with Crippen molar-refractivity contribution >= 4 is 11.5 Å². The summed E-state index contributed by atoms with van der Waals surface area (Å²) in [5.74, 6) is -21.7. The van der Waals surface area contributed by atoms with Crippen LogP contribution in [0.2, 0.25) is 0 Å². The van der Waals surface area contributed by atoms with Gasteiger partial charge in [-0.1, -0.05) is 0 Å². The number of alkyl halides is 1. The normalized spacial score (nSPS) is 21.0. The summed E-state index contributed by atoms with van der Waals surface area (Å²) in [6.07, 6.45) is -6.02. The lowest BCUT2D eigenvalue weighted by Gasteiger charge is -2.25. The van der Waals surface area contributed by atoms with Gasteiger partial charge < -0.3 is 4.74 Å². The van der Waals surface area contributed by atoms with Crippen molar-refractivity contribution < 1.29 is 49.0 Å². The highest BCUT2D eigenvalue weighted by Gasteiger charge is 2.44. The zero-order chi connectivity index (χ0) is 19.2. The maximum Gasteiger partial charge on any atom is 0.303 e. The summed E-state index contributed by atoms with van der Waals surface area (Å²) in [4.78, 5) is 10.7. The second-order valence-electron chi connectivity index (χ2n) is 4.76. The molecule has 1 aliphatic rings. The topological polar surface area (TPSA) is 26.3 Å². The molecule has 2 unspecified atom stereocenters. The smallest absolute Gasteiger partial charge is 0.303 e. The molecule has 0 saturated carbocycles. The van der Waals surface area contributed by atoms with E-state index in [-0.39, 0.29) is 0 Å². The summed E-state index contributed by atoms with van der Waals surface area (Å²) in [5.41, 5.74) is -4.33. The number of esters is 1. The number of carbonyl (C=O) groups is 1. The van der Waals surface area contributed by atoms with Crippen molar-refractivity contribution in [2.45, 2.75) is 19.2 Å². The summed E-state index contributed by atoms with van der Waals surface area (Å²) in [7, 11) is 0. The molecule has 0 aliphatic heterocycles. The standard InChI is InChI=1S/C14H5F9O2/c1-2(24)25-14-12(22)7(17)4(8(18)13(14)23)3-5(15)9(19)11(21)10(20)6(3)16/h12,14H,1H3. The number of halogens is 9. The summed E-state index contributed by atoms with van der Waals surface area (Å²) in [6.45, 7) is 0.652. The van der Waals surface area contributed by atoms with Gasteiger partial charge in [0.05, 0.1) is 11.1 Å². The molecule has 1 aromatic carbocycles. The van der Waals surface area contributed by atoms with Gasteiger partial charge >= 0.3 is 5.97 Å². The summed E-state index contributed by atoms with van der Waals surface area (Å²) >= 11 is 0. The molecular weight excluding hydrogens is 371 g/mol. The molecule has 2 nitrogen and oxygen atoms in total. The Labute approximate surface area is 133 Å². The Balaban J connectivity index is 2.77. The Morgan fingerprint density at radius 1 is 0.800 bits per heavy atom. The maximum atomic E-state index is 14.0. The van der Waals surface area contributed by atoms with E-state index in [1.165, 1.54) is 0 Å². The van der Waals surface area contributed by atoms with Crippen molar-refractivity contribution in [3.63, 3.8) is 0 Å². The fraction of sp³-hybridized carbons (Fsp3) is 0.214. The molecule has 0 radical (unpaired) electrons. The molecule has 0 aromatic heterocycles. The Hall–Kier alpha value is -2.46. The molecule has 11 heteroatoms. The second-order valence-corrected chi connectivity index (χ2v) is 4.76. The van der Waals surface area contributed by atoms with E-state index < -0.39 is 75.9 Å². The number of benzene rings is 1. The van der Waals surface area contributed by atoms with Crippen LogP contribution in [-0.4, -0.2) is 18.2 Å². The molecule has 25 heavy (non-hydrogen) atoms. The fourth-order valence-corrected chi connectivity index (χ4v) is 2.09. The predicted octanol–water partition coefficient (Wildman–Crippen LogP) is 4.50. The first-order valence-corrected chi connectivity index (χ1v) is 6.28. The first-order chi connectivity index (χ1) is 11.5. The lowest BCUT2D eigenvalue weighted by Crippen LogP contribution is -2.33. The molecule has 0 N–H and O–H groups in total. The summed E-state index contributed by atoms with van der Waals surface area (Å²) in [5, 5.41) is 0. The molecule has 2 rings (SSSR count). The third-order valence-electron chi connectivity index (χ3n) is 3.18. The monoisotopic (exact) mass is 376 g/mol. The van der Waals surface area contributed by atoms with Gasteiger partial charge in [0.2, 0.25) is 5.82 Å². The molecule has 0 fully saturated rings. The van der Waals surface area contributed by atoms with E-state index in [1.54, 1.807) is 0 Å². The van der Waals surface area contributed by atoms with Gasteiger partial charge in [-0.05, 0) is 0 Å². The Kier molecular flexibility index (Phi) is 4.87. The van der Waals surface area contributed by atoms with Crippen molar-refractivity contribution in [3.8, 4) is 0 Å². The number of hydrogen-bond acceptors (Lipinski definition) is 2. The van der Waals surface area contributed by atoms with Gasteiger partial charge in [-0.15, -0.1) is 0 Å². The molecule has 1 aliphatic carbocycles. The second kappa shape index (κ2) is 6.45. The van der Waals surface area contributed by atoms with E-state index in [9.17, 15) is 44.3 Å². The van der Waals surface area contributed by atoms with Crippen LogP contribution in [0, 0.1) is 29.1 Å². The van der Waals surface area contributed by atoms with Gasteiger partial charge in [0.1, 0.15) is 5.83 Å². The van der Waals surface area contributed by atoms with Crippen molar-refractivity contribution in [1.29, 1.82) is 0 Å². The van der Waals surface area contributed by atoms with Gasteiger partial charge in [0.25, 0.3) is 0 Å². The molecule has 0 spiro atoms. The number of carbonyl (C=O) groups excluding carboxylic acids is 1.